The van der Waals surface area contributed by atoms with Crippen molar-refractivity contribution in [1.29, 1.82) is 0 Å². The van der Waals surface area contributed by atoms with Crippen LogP contribution < -0.4 is 10.6 Å². The molecule has 1 aromatic heterocycles. The number of para-hydroxylation sites is 2. The SMILES string of the molecule is Cc1ccccc1NC(=O)Cn1nc(-c2ccccc2O)nc1SCC(=O)Nc1ccc(F)cc1. The van der Waals surface area contributed by atoms with Crippen molar-refractivity contribution in [1.82, 2.24) is 14.8 Å². The molecule has 10 heteroatoms. The molecule has 0 saturated heterocycles. The molecule has 2 amide bonds. The van der Waals surface area contributed by atoms with Crippen LogP contribution in [-0.2, 0) is 16.1 Å². The Morgan fingerprint density at radius 1 is 0.971 bits per heavy atom. The highest BCUT2D eigenvalue weighted by Gasteiger charge is 2.18. The summed E-state index contributed by atoms with van der Waals surface area (Å²) in [5.41, 5.74) is 2.47. The maximum Gasteiger partial charge on any atom is 0.246 e. The summed E-state index contributed by atoms with van der Waals surface area (Å²) in [7, 11) is 0. The first-order valence-electron chi connectivity index (χ1n) is 10.7. The van der Waals surface area contributed by atoms with Crippen molar-refractivity contribution in [3.8, 4) is 17.1 Å². The van der Waals surface area contributed by atoms with Gasteiger partial charge in [0.15, 0.2) is 11.0 Å². The van der Waals surface area contributed by atoms with E-state index in [-0.39, 0.29) is 35.7 Å². The number of hydrogen-bond acceptors (Lipinski definition) is 6. The number of phenolic OH excluding ortho intramolecular Hbond substituents is 1. The smallest absolute Gasteiger partial charge is 0.246 e. The maximum absolute atomic E-state index is 13.1. The average molecular weight is 492 g/mol. The molecule has 178 valence electrons. The number of nitrogens with one attached hydrogen (secondary N) is 2. The standard InChI is InChI=1S/C25H22FN5O3S/c1-16-6-2-4-8-20(16)28-22(33)14-31-25(29-24(30-31)19-7-3-5-9-21(19)32)35-15-23(34)27-18-12-10-17(26)11-13-18/h2-13,32H,14-15H2,1H3,(H,27,34)(H,28,33). The molecule has 0 fully saturated rings. The Morgan fingerprint density at radius 2 is 1.69 bits per heavy atom. The molecule has 0 aliphatic rings. The van der Waals surface area contributed by atoms with Crippen LogP contribution in [-0.4, -0.2) is 37.4 Å². The summed E-state index contributed by atoms with van der Waals surface area (Å²) in [6.07, 6.45) is 0. The summed E-state index contributed by atoms with van der Waals surface area (Å²) in [6, 6.07) is 19.4. The number of amides is 2. The van der Waals surface area contributed by atoms with Crippen molar-refractivity contribution in [3.63, 3.8) is 0 Å². The summed E-state index contributed by atoms with van der Waals surface area (Å²) in [4.78, 5) is 29.6. The number of nitrogens with zero attached hydrogens (tertiary/aromatic N) is 3. The van der Waals surface area contributed by atoms with E-state index in [4.69, 9.17) is 0 Å². The van der Waals surface area contributed by atoms with Gasteiger partial charge in [0.2, 0.25) is 11.8 Å². The second kappa shape index (κ2) is 10.8. The summed E-state index contributed by atoms with van der Waals surface area (Å²) in [5, 5.41) is 20.5. The molecule has 0 radical (unpaired) electrons. The molecule has 0 spiro atoms. The van der Waals surface area contributed by atoms with Crippen LogP contribution >= 0.6 is 11.8 Å². The van der Waals surface area contributed by atoms with E-state index in [1.165, 1.54) is 35.0 Å². The number of aryl methyl sites for hydroxylation is 1. The summed E-state index contributed by atoms with van der Waals surface area (Å²) >= 11 is 1.09. The number of anilines is 2. The number of carbonyl (C=O) groups is 2. The molecule has 8 nitrogen and oxygen atoms in total. The maximum atomic E-state index is 13.1. The van der Waals surface area contributed by atoms with E-state index in [0.29, 0.717) is 22.1 Å². The number of thioether (sulfide) groups is 1. The van der Waals surface area contributed by atoms with Gasteiger partial charge in [-0.25, -0.2) is 14.1 Å². The lowest BCUT2D eigenvalue weighted by atomic mass is 10.2. The first-order chi connectivity index (χ1) is 16.9. The Labute approximate surface area is 205 Å². The van der Waals surface area contributed by atoms with Gasteiger partial charge < -0.3 is 15.7 Å². The van der Waals surface area contributed by atoms with Gasteiger partial charge in [-0.3, -0.25) is 9.59 Å². The zero-order valence-electron chi connectivity index (χ0n) is 18.7. The third-order valence-corrected chi connectivity index (χ3v) is 5.92. The molecule has 3 aromatic carbocycles. The lowest BCUT2D eigenvalue weighted by Gasteiger charge is -2.09. The third kappa shape index (κ3) is 6.24. The third-order valence-electron chi connectivity index (χ3n) is 4.96. The minimum Gasteiger partial charge on any atom is -0.507 e. The minimum atomic E-state index is -0.397. The van der Waals surface area contributed by atoms with Gasteiger partial charge in [-0.05, 0) is 55.0 Å². The zero-order chi connectivity index (χ0) is 24.8. The number of rotatable bonds is 8. The summed E-state index contributed by atoms with van der Waals surface area (Å²) < 4.78 is 14.5. The summed E-state index contributed by atoms with van der Waals surface area (Å²) in [6.45, 7) is 1.75. The molecule has 0 aliphatic heterocycles. The second-order valence-corrected chi connectivity index (χ2v) is 8.54. The first-order valence-corrected chi connectivity index (χ1v) is 11.6. The van der Waals surface area contributed by atoms with Gasteiger partial charge >= 0.3 is 0 Å². The Bertz CT molecular complexity index is 1360. The number of carbonyl (C=O) groups excluding carboxylic acids is 2. The molecule has 0 aliphatic carbocycles. The van der Waals surface area contributed by atoms with Crippen LogP contribution in [0.4, 0.5) is 15.8 Å². The van der Waals surface area contributed by atoms with Crippen LogP contribution in [0.3, 0.4) is 0 Å². The highest BCUT2D eigenvalue weighted by atomic mass is 32.2. The van der Waals surface area contributed by atoms with E-state index in [9.17, 15) is 19.1 Å². The Hall–Kier alpha value is -4.18. The van der Waals surface area contributed by atoms with Crippen molar-refractivity contribution >= 4 is 35.0 Å². The predicted molar refractivity (Wildman–Crippen MR) is 133 cm³/mol. The average Bonchev–Trinajstić information content (AvgIpc) is 3.23. The molecule has 0 atom stereocenters. The van der Waals surface area contributed by atoms with E-state index in [1.54, 1.807) is 24.3 Å². The lowest BCUT2D eigenvalue weighted by molar-refractivity contribution is -0.117. The molecule has 3 N–H and O–H groups in total. The monoisotopic (exact) mass is 491 g/mol. The minimum absolute atomic E-state index is 0.000357. The number of aromatic hydroxyl groups is 1. The number of aromatic nitrogens is 3. The Kier molecular flexibility index (Phi) is 7.41. The van der Waals surface area contributed by atoms with Gasteiger partial charge in [-0.2, -0.15) is 0 Å². The number of halogens is 1. The van der Waals surface area contributed by atoms with Crippen molar-refractivity contribution < 1.29 is 19.1 Å². The first kappa shape index (κ1) is 24.0. The molecule has 35 heavy (non-hydrogen) atoms. The Balaban J connectivity index is 1.51. The van der Waals surface area contributed by atoms with Gasteiger partial charge in [0.25, 0.3) is 0 Å². The molecular formula is C25H22FN5O3S. The van der Waals surface area contributed by atoms with Crippen LogP contribution in [0, 0.1) is 12.7 Å². The van der Waals surface area contributed by atoms with E-state index in [1.807, 2.05) is 25.1 Å². The number of benzene rings is 3. The van der Waals surface area contributed by atoms with Gasteiger partial charge in [0.1, 0.15) is 18.1 Å². The van der Waals surface area contributed by atoms with Gasteiger partial charge in [-0.1, -0.05) is 42.1 Å². The second-order valence-electron chi connectivity index (χ2n) is 7.60. The van der Waals surface area contributed by atoms with E-state index >= 15 is 0 Å². The van der Waals surface area contributed by atoms with Crippen molar-refractivity contribution in [3.05, 3.63) is 84.2 Å². The van der Waals surface area contributed by atoms with E-state index in [0.717, 1.165) is 17.3 Å². The molecule has 0 unspecified atom stereocenters. The van der Waals surface area contributed by atoms with E-state index < -0.39 is 5.82 Å². The van der Waals surface area contributed by atoms with E-state index in [2.05, 4.69) is 20.7 Å². The highest BCUT2D eigenvalue weighted by molar-refractivity contribution is 7.99. The highest BCUT2D eigenvalue weighted by Crippen LogP contribution is 2.28. The Morgan fingerprint density at radius 3 is 2.43 bits per heavy atom. The van der Waals surface area contributed by atoms with Crippen molar-refractivity contribution in [2.24, 2.45) is 0 Å². The molecule has 1 heterocycles. The normalized spacial score (nSPS) is 10.7. The van der Waals surface area contributed by atoms with Gasteiger partial charge in [0.05, 0.1) is 11.3 Å². The fourth-order valence-electron chi connectivity index (χ4n) is 3.21. The quantitative estimate of drug-likeness (QED) is 0.314. The number of hydrogen-bond donors (Lipinski definition) is 3. The molecule has 4 aromatic rings. The fraction of sp³-hybridized carbons (Fsp3) is 0.120. The van der Waals surface area contributed by atoms with Crippen LogP contribution in [0.15, 0.2) is 78.0 Å². The van der Waals surface area contributed by atoms with Crippen molar-refractivity contribution in [2.45, 2.75) is 18.6 Å². The lowest BCUT2D eigenvalue weighted by Crippen LogP contribution is -2.21. The largest absolute Gasteiger partial charge is 0.507 e. The molecule has 0 saturated carbocycles. The predicted octanol–water partition coefficient (Wildman–Crippen LogP) is 4.47. The van der Waals surface area contributed by atoms with Crippen LogP contribution in [0.2, 0.25) is 0 Å². The molecule has 4 rings (SSSR count). The topological polar surface area (TPSA) is 109 Å². The van der Waals surface area contributed by atoms with Gasteiger partial charge in [0, 0.05) is 11.4 Å². The molecule has 0 bridgehead atoms. The van der Waals surface area contributed by atoms with Crippen LogP contribution in [0.5, 0.6) is 5.75 Å². The van der Waals surface area contributed by atoms with Gasteiger partial charge in [-0.15, -0.1) is 5.10 Å². The van der Waals surface area contributed by atoms with Crippen LogP contribution in [0.25, 0.3) is 11.4 Å². The summed E-state index contributed by atoms with van der Waals surface area (Å²) in [5.74, 6) is -0.829. The molecular weight excluding hydrogens is 469 g/mol. The van der Waals surface area contributed by atoms with Crippen LogP contribution in [0.1, 0.15) is 5.56 Å². The number of phenols is 1. The zero-order valence-corrected chi connectivity index (χ0v) is 19.6. The van der Waals surface area contributed by atoms with Crippen molar-refractivity contribution in [2.75, 3.05) is 16.4 Å². The fourth-order valence-corrected chi connectivity index (χ4v) is 3.95.